The molecule has 2 nitrogen and oxygen atoms in total. The summed E-state index contributed by atoms with van der Waals surface area (Å²) in [6.45, 7) is 3.61. The number of hydrogen-bond acceptors (Lipinski definition) is 2. The van der Waals surface area contributed by atoms with Crippen molar-refractivity contribution in [1.29, 1.82) is 0 Å². The largest absolute Gasteiger partial charge is 0.204 e. The van der Waals surface area contributed by atoms with Crippen LogP contribution in [0.25, 0.3) is 11.3 Å². The van der Waals surface area contributed by atoms with Gasteiger partial charge in [0.05, 0.1) is 5.69 Å². The van der Waals surface area contributed by atoms with Crippen LogP contribution in [0.5, 0.6) is 0 Å². The molecule has 0 saturated carbocycles. The summed E-state index contributed by atoms with van der Waals surface area (Å²) >= 11 is 5.82. The zero-order chi connectivity index (χ0) is 12.6. The highest BCUT2D eigenvalue weighted by Crippen LogP contribution is 2.26. The Hall–Kier alpha value is -1.55. The molecule has 0 radical (unpaired) electrons. The van der Waals surface area contributed by atoms with Crippen LogP contribution in [0.2, 0.25) is 5.15 Å². The van der Waals surface area contributed by atoms with Crippen molar-refractivity contribution in [2.45, 2.75) is 13.8 Å². The van der Waals surface area contributed by atoms with Crippen molar-refractivity contribution in [1.82, 2.24) is 10.2 Å². The van der Waals surface area contributed by atoms with Crippen LogP contribution in [-0.4, -0.2) is 10.2 Å². The molecule has 2 rings (SSSR count). The smallest absolute Gasteiger partial charge is 0.159 e. The van der Waals surface area contributed by atoms with Crippen molar-refractivity contribution in [3.8, 4) is 11.3 Å². The molecule has 0 N–H and O–H groups in total. The minimum absolute atomic E-state index is 0.314. The number of rotatable bonds is 1. The minimum Gasteiger partial charge on any atom is -0.204 e. The summed E-state index contributed by atoms with van der Waals surface area (Å²) in [4.78, 5) is 0. The molecular weight excluding hydrogens is 246 g/mol. The third kappa shape index (κ3) is 2.13. The quantitative estimate of drug-likeness (QED) is 0.776. The second kappa shape index (κ2) is 4.37. The van der Waals surface area contributed by atoms with Gasteiger partial charge in [-0.3, -0.25) is 0 Å². The first-order valence-corrected chi connectivity index (χ1v) is 5.33. The Morgan fingerprint density at radius 3 is 2.35 bits per heavy atom. The monoisotopic (exact) mass is 254 g/mol. The van der Waals surface area contributed by atoms with Crippen LogP contribution in [-0.2, 0) is 0 Å². The lowest BCUT2D eigenvalue weighted by Crippen LogP contribution is -1.97. The second-order valence-corrected chi connectivity index (χ2v) is 4.08. The second-order valence-electron chi connectivity index (χ2n) is 3.72. The summed E-state index contributed by atoms with van der Waals surface area (Å²) in [7, 11) is 0. The number of hydrogen-bond donors (Lipinski definition) is 0. The maximum Gasteiger partial charge on any atom is 0.159 e. The fourth-order valence-corrected chi connectivity index (χ4v) is 1.67. The molecule has 0 bridgehead atoms. The molecule has 0 aliphatic heterocycles. The molecule has 1 heterocycles. The van der Waals surface area contributed by atoms with Gasteiger partial charge in [-0.05, 0) is 43.2 Å². The Balaban J connectivity index is 2.61. The van der Waals surface area contributed by atoms with E-state index >= 15 is 0 Å². The van der Waals surface area contributed by atoms with Crippen molar-refractivity contribution in [3.63, 3.8) is 0 Å². The van der Waals surface area contributed by atoms with E-state index in [2.05, 4.69) is 10.2 Å². The van der Waals surface area contributed by atoms with Crippen molar-refractivity contribution < 1.29 is 8.78 Å². The van der Waals surface area contributed by atoms with E-state index in [1.807, 2.05) is 6.92 Å². The SMILES string of the molecule is Cc1c(Cl)nnc(-c2ccc(F)c(F)c2)c1C. The minimum atomic E-state index is -0.906. The molecule has 0 spiro atoms. The lowest BCUT2D eigenvalue weighted by molar-refractivity contribution is 0.509. The van der Waals surface area contributed by atoms with E-state index < -0.39 is 11.6 Å². The Kier molecular flexibility index (Phi) is 3.07. The summed E-state index contributed by atoms with van der Waals surface area (Å²) < 4.78 is 26.0. The highest BCUT2D eigenvalue weighted by molar-refractivity contribution is 6.30. The molecule has 0 saturated heterocycles. The summed E-state index contributed by atoms with van der Waals surface area (Å²) in [5.41, 5.74) is 2.57. The summed E-state index contributed by atoms with van der Waals surface area (Å²) in [6.07, 6.45) is 0. The highest BCUT2D eigenvalue weighted by atomic mass is 35.5. The molecule has 0 atom stereocenters. The molecular formula is C12H9ClF2N2. The Labute approximate surface area is 102 Å². The van der Waals surface area contributed by atoms with Gasteiger partial charge in [0.15, 0.2) is 16.8 Å². The standard InChI is InChI=1S/C12H9ClF2N2/c1-6-7(2)12(13)17-16-11(6)8-3-4-9(14)10(15)5-8/h3-5H,1-2H3. The maximum atomic E-state index is 13.1. The molecule has 0 aliphatic carbocycles. The normalized spacial score (nSPS) is 10.6. The van der Waals surface area contributed by atoms with Crippen molar-refractivity contribution in [2.24, 2.45) is 0 Å². The van der Waals surface area contributed by atoms with Gasteiger partial charge >= 0.3 is 0 Å². The molecule has 1 aromatic heterocycles. The van der Waals surface area contributed by atoms with Crippen molar-refractivity contribution in [3.05, 3.63) is 46.1 Å². The van der Waals surface area contributed by atoms with Crippen molar-refractivity contribution >= 4 is 11.6 Å². The average Bonchev–Trinajstić information content (AvgIpc) is 2.30. The molecule has 0 aliphatic rings. The van der Waals surface area contributed by atoms with Crippen LogP contribution in [0.1, 0.15) is 11.1 Å². The lowest BCUT2D eigenvalue weighted by Gasteiger charge is -2.08. The first kappa shape index (κ1) is 11.9. The predicted molar refractivity (Wildman–Crippen MR) is 61.9 cm³/mol. The summed E-state index contributed by atoms with van der Waals surface area (Å²) in [5, 5.41) is 7.99. The van der Waals surface area contributed by atoms with Crippen LogP contribution < -0.4 is 0 Å². The predicted octanol–water partition coefficient (Wildman–Crippen LogP) is 3.69. The van der Waals surface area contributed by atoms with Gasteiger partial charge in [0.1, 0.15) is 0 Å². The molecule has 0 amide bonds. The Morgan fingerprint density at radius 1 is 1.00 bits per heavy atom. The molecule has 88 valence electrons. The Bertz CT molecular complexity index is 585. The molecule has 1 aromatic carbocycles. The van der Waals surface area contributed by atoms with Gasteiger partial charge in [0.2, 0.25) is 0 Å². The third-order valence-electron chi connectivity index (χ3n) is 2.66. The molecule has 0 fully saturated rings. The number of halogens is 3. The lowest BCUT2D eigenvalue weighted by atomic mass is 10.0. The van der Waals surface area contributed by atoms with E-state index in [0.717, 1.165) is 23.3 Å². The Morgan fingerprint density at radius 2 is 1.71 bits per heavy atom. The first-order valence-electron chi connectivity index (χ1n) is 4.95. The maximum absolute atomic E-state index is 13.1. The van der Waals surface area contributed by atoms with Gasteiger partial charge in [-0.25, -0.2) is 8.78 Å². The molecule has 2 aromatic rings. The summed E-state index contributed by atoms with van der Waals surface area (Å²) in [6, 6.07) is 3.62. The van der Waals surface area contributed by atoms with E-state index in [-0.39, 0.29) is 0 Å². The van der Waals surface area contributed by atoms with E-state index in [0.29, 0.717) is 16.4 Å². The molecule has 5 heteroatoms. The highest BCUT2D eigenvalue weighted by Gasteiger charge is 2.12. The van der Waals surface area contributed by atoms with Crippen molar-refractivity contribution in [2.75, 3.05) is 0 Å². The van der Waals surface area contributed by atoms with Crippen LogP contribution in [0.4, 0.5) is 8.78 Å². The molecule has 0 unspecified atom stereocenters. The molecule has 17 heavy (non-hydrogen) atoms. The fraction of sp³-hybridized carbons (Fsp3) is 0.167. The van der Waals surface area contributed by atoms with Gasteiger partial charge in [0, 0.05) is 5.56 Å². The van der Waals surface area contributed by atoms with E-state index in [9.17, 15) is 8.78 Å². The number of nitrogens with zero attached hydrogens (tertiary/aromatic N) is 2. The van der Waals surface area contributed by atoms with Crippen LogP contribution in [0.15, 0.2) is 18.2 Å². The van der Waals surface area contributed by atoms with Gasteiger partial charge in [0.25, 0.3) is 0 Å². The zero-order valence-corrected chi connectivity index (χ0v) is 10.0. The zero-order valence-electron chi connectivity index (χ0n) is 9.26. The van der Waals surface area contributed by atoms with Crippen LogP contribution in [0, 0.1) is 25.5 Å². The van der Waals surface area contributed by atoms with Crippen LogP contribution >= 0.6 is 11.6 Å². The van der Waals surface area contributed by atoms with Crippen LogP contribution in [0.3, 0.4) is 0 Å². The van der Waals surface area contributed by atoms with E-state index in [1.54, 1.807) is 6.92 Å². The topological polar surface area (TPSA) is 25.8 Å². The third-order valence-corrected chi connectivity index (χ3v) is 3.02. The number of aromatic nitrogens is 2. The van der Waals surface area contributed by atoms with Gasteiger partial charge in [-0.1, -0.05) is 11.6 Å². The van der Waals surface area contributed by atoms with E-state index in [1.165, 1.54) is 6.07 Å². The fourth-order valence-electron chi connectivity index (χ4n) is 1.49. The van der Waals surface area contributed by atoms with Gasteiger partial charge in [-0.15, -0.1) is 10.2 Å². The summed E-state index contributed by atoms with van der Waals surface area (Å²) in [5.74, 6) is -1.79. The van der Waals surface area contributed by atoms with Gasteiger partial charge < -0.3 is 0 Å². The van der Waals surface area contributed by atoms with Gasteiger partial charge in [-0.2, -0.15) is 0 Å². The number of benzene rings is 1. The van der Waals surface area contributed by atoms with E-state index in [4.69, 9.17) is 11.6 Å². The average molecular weight is 255 g/mol. The first-order chi connectivity index (χ1) is 8.00.